The first kappa shape index (κ1) is 17.5. The largest absolute Gasteiger partial charge is 0.496 e. The highest BCUT2D eigenvalue weighted by molar-refractivity contribution is 6.31. The highest BCUT2D eigenvalue weighted by Crippen LogP contribution is 2.34. The van der Waals surface area contributed by atoms with E-state index in [4.69, 9.17) is 26.8 Å². The molecule has 0 aromatic heterocycles. The quantitative estimate of drug-likeness (QED) is 0.895. The molecule has 0 heterocycles. The molecule has 1 unspecified atom stereocenters. The Morgan fingerprint density at radius 3 is 2.57 bits per heavy atom. The number of alkyl carbamates (subject to hydrolysis) is 1. The van der Waals surface area contributed by atoms with Crippen molar-refractivity contribution in [1.82, 2.24) is 5.32 Å². The number of benzene rings is 1. The van der Waals surface area contributed by atoms with Gasteiger partial charge in [-0.05, 0) is 32.9 Å². The number of methoxy groups -OCH3 is 1. The second-order valence-electron chi connectivity index (χ2n) is 5.41. The van der Waals surface area contributed by atoms with Crippen molar-refractivity contribution in [3.8, 4) is 5.75 Å². The summed E-state index contributed by atoms with van der Waals surface area (Å²) in [5.74, 6) is -0.273. The van der Waals surface area contributed by atoms with Crippen LogP contribution in [0.5, 0.6) is 5.75 Å². The molecule has 1 rings (SSSR count). The Morgan fingerprint density at radius 1 is 1.48 bits per heavy atom. The lowest BCUT2D eigenvalue weighted by atomic mass is 10.1. The van der Waals surface area contributed by atoms with Gasteiger partial charge in [-0.25, -0.2) is 9.18 Å². The van der Waals surface area contributed by atoms with Crippen molar-refractivity contribution < 1.29 is 18.7 Å². The molecule has 1 atom stereocenters. The summed E-state index contributed by atoms with van der Waals surface area (Å²) in [6.45, 7) is 5.22. The van der Waals surface area contributed by atoms with Crippen molar-refractivity contribution in [2.24, 2.45) is 5.73 Å². The number of halogens is 2. The summed E-state index contributed by atoms with van der Waals surface area (Å²) in [5, 5.41) is 2.43. The van der Waals surface area contributed by atoms with E-state index >= 15 is 0 Å². The van der Waals surface area contributed by atoms with Crippen LogP contribution in [0.15, 0.2) is 12.1 Å². The SMILES string of the molecule is COc1ccc(F)c(Cl)c1C(CN)NC(=O)OC(C)(C)C. The van der Waals surface area contributed by atoms with Crippen LogP contribution < -0.4 is 15.8 Å². The highest BCUT2D eigenvalue weighted by atomic mass is 35.5. The number of amides is 1. The Morgan fingerprint density at radius 2 is 2.10 bits per heavy atom. The molecule has 1 aromatic rings. The molecule has 0 aliphatic rings. The molecule has 7 heteroatoms. The maximum absolute atomic E-state index is 13.6. The molecule has 0 radical (unpaired) electrons. The molecule has 118 valence electrons. The zero-order valence-corrected chi connectivity index (χ0v) is 13.3. The molecule has 0 saturated carbocycles. The van der Waals surface area contributed by atoms with Crippen molar-refractivity contribution in [3.63, 3.8) is 0 Å². The number of hydrogen-bond acceptors (Lipinski definition) is 4. The second kappa shape index (κ2) is 6.95. The van der Waals surface area contributed by atoms with Gasteiger partial charge in [0.05, 0.1) is 18.2 Å². The Hall–Kier alpha value is -1.53. The highest BCUT2D eigenvalue weighted by Gasteiger charge is 2.25. The van der Waals surface area contributed by atoms with Gasteiger partial charge in [-0.1, -0.05) is 11.6 Å². The third-order valence-corrected chi connectivity index (χ3v) is 2.97. The molecule has 0 saturated heterocycles. The van der Waals surface area contributed by atoms with E-state index < -0.39 is 23.6 Å². The zero-order chi connectivity index (χ0) is 16.2. The van der Waals surface area contributed by atoms with Gasteiger partial charge >= 0.3 is 6.09 Å². The summed E-state index contributed by atoms with van der Waals surface area (Å²) >= 11 is 5.96. The normalized spacial score (nSPS) is 12.7. The summed E-state index contributed by atoms with van der Waals surface area (Å²) in [6, 6.07) is 1.89. The summed E-state index contributed by atoms with van der Waals surface area (Å²) in [5.41, 5.74) is 5.28. The summed E-state index contributed by atoms with van der Waals surface area (Å²) in [7, 11) is 1.42. The van der Waals surface area contributed by atoms with Crippen LogP contribution in [0.25, 0.3) is 0 Å². The maximum atomic E-state index is 13.6. The van der Waals surface area contributed by atoms with Crippen LogP contribution in [0, 0.1) is 5.82 Å². The molecule has 0 fully saturated rings. The van der Waals surface area contributed by atoms with Crippen molar-refractivity contribution >= 4 is 17.7 Å². The van der Waals surface area contributed by atoms with Gasteiger partial charge in [0, 0.05) is 12.1 Å². The molecule has 3 N–H and O–H groups in total. The van der Waals surface area contributed by atoms with E-state index in [1.807, 2.05) is 0 Å². The van der Waals surface area contributed by atoms with Crippen LogP contribution in [0.1, 0.15) is 32.4 Å². The average molecular weight is 319 g/mol. The zero-order valence-electron chi connectivity index (χ0n) is 12.5. The van der Waals surface area contributed by atoms with Gasteiger partial charge in [-0.2, -0.15) is 0 Å². The molecule has 0 aliphatic heterocycles. The van der Waals surface area contributed by atoms with Crippen LogP contribution in [0.4, 0.5) is 9.18 Å². The third-order valence-electron chi connectivity index (χ3n) is 2.59. The lowest BCUT2D eigenvalue weighted by Crippen LogP contribution is -2.38. The van der Waals surface area contributed by atoms with Gasteiger partial charge in [-0.15, -0.1) is 0 Å². The summed E-state index contributed by atoms with van der Waals surface area (Å²) in [6.07, 6.45) is -0.666. The van der Waals surface area contributed by atoms with Crippen LogP contribution in [0.3, 0.4) is 0 Å². The van der Waals surface area contributed by atoms with Crippen LogP contribution in [-0.2, 0) is 4.74 Å². The van der Waals surface area contributed by atoms with Gasteiger partial charge in [-0.3, -0.25) is 0 Å². The average Bonchev–Trinajstić information content (AvgIpc) is 2.37. The molecule has 0 bridgehead atoms. The fraction of sp³-hybridized carbons (Fsp3) is 0.500. The van der Waals surface area contributed by atoms with Gasteiger partial charge < -0.3 is 20.5 Å². The number of rotatable bonds is 4. The Kier molecular flexibility index (Phi) is 5.80. The number of hydrogen-bond donors (Lipinski definition) is 2. The predicted octanol–water partition coefficient (Wildman–Crippen LogP) is 3.01. The van der Waals surface area contributed by atoms with Crippen LogP contribution >= 0.6 is 11.6 Å². The first-order valence-electron chi connectivity index (χ1n) is 6.41. The monoisotopic (exact) mass is 318 g/mol. The summed E-state index contributed by atoms with van der Waals surface area (Å²) in [4.78, 5) is 11.8. The molecule has 5 nitrogen and oxygen atoms in total. The standard InChI is InChI=1S/C14H20ClFN2O3/c1-14(2,3)21-13(19)18-9(7-17)11-10(20-4)6-5-8(16)12(11)15/h5-6,9H,7,17H2,1-4H3,(H,18,19). The van der Waals surface area contributed by atoms with E-state index in [1.54, 1.807) is 20.8 Å². The van der Waals surface area contributed by atoms with Crippen molar-refractivity contribution in [2.75, 3.05) is 13.7 Å². The van der Waals surface area contributed by atoms with Gasteiger partial charge in [0.2, 0.25) is 0 Å². The smallest absolute Gasteiger partial charge is 0.408 e. The topological polar surface area (TPSA) is 73.6 Å². The van der Waals surface area contributed by atoms with Gasteiger partial charge in [0.15, 0.2) is 0 Å². The molecular weight excluding hydrogens is 299 g/mol. The van der Waals surface area contributed by atoms with Crippen molar-refractivity contribution in [1.29, 1.82) is 0 Å². The van der Waals surface area contributed by atoms with Crippen molar-refractivity contribution in [2.45, 2.75) is 32.4 Å². The predicted molar refractivity (Wildman–Crippen MR) is 79.1 cm³/mol. The minimum atomic E-state index is -0.724. The number of carbonyl (C=O) groups excluding carboxylic acids is 1. The molecule has 0 spiro atoms. The first-order chi connectivity index (χ1) is 9.69. The Bertz CT molecular complexity index is 518. The van der Waals surface area contributed by atoms with Gasteiger partial charge in [0.1, 0.15) is 17.2 Å². The number of nitrogens with two attached hydrogens (primary N) is 1. The maximum Gasteiger partial charge on any atom is 0.408 e. The Balaban J connectivity index is 3.05. The molecule has 21 heavy (non-hydrogen) atoms. The van der Waals surface area contributed by atoms with E-state index in [-0.39, 0.29) is 17.1 Å². The van der Waals surface area contributed by atoms with E-state index in [9.17, 15) is 9.18 Å². The lowest BCUT2D eigenvalue weighted by molar-refractivity contribution is 0.0504. The Labute approximate surface area is 128 Å². The van der Waals surface area contributed by atoms with E-state index in [0.717, 1.165) is 0 Å². The van der Waals surface area contributed by atoms with Crippen LogP contribution in [0.2, 0.25) is 5.02 Å². The number of ether oxygens (including phenoxy) is 2. The molecule has 1 amide bonds. The molecule has 0 aliphatic carbocycles. The number of nitrogens with one attached hydrogen (secondary N) is 1. The number of carbonyl (C=O) groups is 1. The molecular formula is C14H20ClFN2O3. The van der Waals surface area contributed by atoms with E-state index in [1.165, 1.54) is 19.2 Å². The minimum Gasteiger partial charge on any atom is -0.496 e. The second-order valence-corrected chi connectivity index (χ2v) is 5.79. The lowest BCUT2D eigenvalue weighted by Gasteiger charge is -2.24. The minimum absolute atomic E-state index is 0.0127. The fourth-order valence-electron chi connectivity index (χ4n) is 1.75. The van der Waals surface area contributed by atoms with E-state index in [2.05, 4.69) is 5.32 Å². The summed E-state index contributed by atoms with van der Waals surface area (Å²) < 4.78 is 23.9. The van der Waals surface area contributed by atoms with Crippen molar-refractivity contribution in [3.05, 3.63) is 28.5 Å². The van der Waals surface area contributed by atoms with Gasteiger partial charge in [0.25, 0.3) is 0 Å². The first-order valence-corrected chi connectivity index (χ1v) is 6.79. The molecule has 1 aromatic carbocycles. The third kappa shape index (κ3) is 4.75. The van der Waals surface area contributed by atoms with E-state index in [0.29, 0.717) is 5.75 Å². The fourth-order valence-corrected chi connectivity index (χ4v) is 2.04. The van der Waals surface area contributed by atoms with Crippen LogP contribution in [-0.4, -0.2) is 25.3 Å².